The lowest BCUT2D eigenvalue weighted by Crippen LogP contribution is -2.40. The van der Waals surface area contributed by atoms with Gasteiger partial charge in [-0.2, -0.15) is 0 Å². The molecule has 2 aliphatic rings. The Labute approximate surface area is 156 Å². The third-order valence-corrected chi connectivity index (χ3v) is 6.91. The molecule has 0 aromatic heterocycles. The molecule has 2 aromatic rings. The number of nitrogens with zero attached hydrogens (tertiary/aromatic N) is 2. The lowest BCUT2D eigenvalue weighted by molar-refractivity contribution is -0.118. The van der Waals surface area contributed by atoms with Gasteiger partial charge < -0.3 is 4.90 Å². The third kappa shape index (κ3) is 3.23. The second-order valence-electron chi connectivity index (χ2n) is 6.45. The number of hydrogen-bond donors (Lipinski definition) is 0. The van der Waals surface area contributed by atoms with Gasteiger partial charge in [0.25, 0.3) is 0 Å². The number of thioether (sulfide) groups is 2. The number of rotatable bonds is 2. The van der Waals surface area contributed by atoms with Gasteiger partial charge in [-0.15, -0.1) is 0 Å². The van der Waals surface area contributed by atoms with Crippen molar-refractivity contribution in [1.29, 1.82) is 0 Å². The molecule has 0 fully saturated rings. The fourth-order valence-electron chi connectivity index (χ4n) is 3.37. The zero-order chi connectivity index (χ0) is 17.4. The summed E-state index contributed by atoms with van der Waals surface area (Å²) in [5.41, 5.74) is 4.62. The first-order chi connectivity index (χ1) is 12.1. The van der Waals surface area contributed by atoms with Gasteiger partial charge in [0.1, 0.15) is 4.38 Å². The van der Waals surface area contributed by atoms with Crippen molar-refractivity contribution in [2.24, 2.45) is 4.99 Å². The van der Waals surface area contributed by atoms with Crippen LogP contribution in [0.3, 0.4) is 0 Å². The van der Waals surface area contributed by atoms with Gasteiger partial charge in [-0.25, -0.2) is 4.99 Å². The van der Waals surface area contributed by atoms with Gasteiger partial charge in [0.15, 0.2) is 0 Å². The molecule has 0 N–H and O–H groups in total. The van der Waals surface area contributed by atoms with Gasteiger partial charge in [-0.1, -0.05) is 59.9 Å². The molecule has 0 radical (unpaired) electrons. The SMILES string of the molecule is CC(SC1=Nc2ccccc2CS1)C(=O)N1c2ccccc2CC1C. The minimum absolute atomic E-state index is 0.148. The smallest absolute Gasteiger partial charge is 0.240 e. The second-order valence-corrected chi connectivity index (χ2v) is 9.00. The van der Waals surface area contributed by atoms with E-state index in [1.54, 1.807) is 23.5 Å². The van der Waals surface area contributed by atoms with Crippen LogP contribution in [-0.2, 0) is 17.0 Å². The molecule has 1 amide bonds. The van der Waals surface area contributed by atoms with E-state index in [1.165, 1.54) is 11.1 Å². The largest absolute Gasteiger partial charge is 0.308 e. The van der Waals surface area contributed by atoms with Gasteiger partial charge in [0.2, 0.25) is 5.91 Å². The Morgan fingerprint density at radius 2 is 1.92 bits per heavy atom. The number of amides is 1. The Morgan fingerprint density at radius 3 is 2.76 bits per heavy atom. The van der Waals surface area contributed by atoms with Gasteiger partial charge >= 0.3 is 0 Å². The Balaban J connectivity index is 1.51. The Morgan fingerprint density at radius 1 is 1.20 bits per heavy atom. The molecule has 25 heavy (non-hydrogen) atoms. The summed E-state index contributed by atoms with van der Waals surface area (Å²) in [4.78, 5) is 19.8. The number of aliphatic imine (C=N–C) groups is 1. The first kappa shape index (κ1) is 16.7. The van der Waals surface area contributed by atoms with Crippen molar-refractivity contribution in [2.45, 2.75) is 37.3 Å². The van der Waals surface area contributed by atoms with E-state index in [0.717, 1.165) is 27.9 Å². The van der Waals surface area contributed by atoms with Crippen LogP contribution >= 0.6 is 23.5 Å². The van der Waals surface area contributed by atoms with E-state index in [0.29, 0.717) is 0 Å². The Hall–Kier alpha value is -1.72. The summed E-state index contributed by atoms with van der Waals surface area (Å²) >= 11 is 3.30. The van der Waals surface area contributed by atoms with Gasteiger partial charge in [0.05, 0.1) is 10.9 Å². The van der Waals surface area contributed by atoms with Crippen molar-refractivity contribution in [1.82, 2.24) is 0 Å². The van der Waals surface area contributed by atoms with Crippen molar-refractivity contribution in [2.75, 3.05) is 4.90 Å². The fourth-order valence-corrected chi connectivity index (χ4v) is 5.61. The predicted octanol–water partition coefficient (Wildman–Crippen LogP) is 5.02. The molecular formula is C20H20N2OS2. The number of carbonyl (C=O) groups excluding carboxylic acids is 1. The molecule has 2 unspecified atom stereocenters. The van der Waals surface area contributed by atoms with E-state index in [2.05, 4.69) is 25.1 Å². The van der Waals surface area contributed by atoms with Crippen LogP contribution < -0.4 is 4.90 Å². The van der Waals surface area contributed by atoms with Gasteiger partial charge in [0, 0.05) is 17.5 Å². The van der Waals surface area contributed by atoms with Crippen LogP contribution in [0.1, 0.15) is 25.0 Å². The topological polar surface area (TPSA) is 32.7 Å². The average Bonchev–Trinajstić information content (AvgIpc) is 2.96. The monoisotopic (exact) mass is 368 g/mol. The summed E-state index contributed by atoms with van der Waals surface area (Å²) in [6.45, 7) is 4.11. The summed E-state index contributed by atoms with van der Waals surface area (Å²) in [5, 5.41) is -0.148. The average molecular weight is 369 g/mol. The summed E-state index contributed by atoms with van der Waals surface area (Å²) in [5.74, 6) is 1.09. The van der Waals surface area contributed by atoms with Crippen LogP contribution in [0.4, 0.5) is 11.4 Å². The molecule has 2 atom stereocenters. The van der Waals surface area contributed by atoms with Crippen LogP contribution in [0.5, 0.6) is 0 Å². The summed E-state index contributed by atoms with van der Waals surface area (Å²) in [7, 11) is 0. The maximum atomic E-state index is 13.1. The first-order valence-corrected chi connectivity index (χ1v) is 10.4. The van der Waals surface area contributed by atoms with Crippen LogP contribution in [0, 0.1) is 0 Å². The minimum atomic E-state index is -0.148. The molecule has 5 heteroatoms. The molecule has 0 saturated carbocycles. The second kappa shape index (κ2) is 6.89. The molecule has 0 bridgehead atoms. The Kier molecular flexibility index (Phi) is 4.61. The maximum Gasteiger partial charge on any atom is 0.240 e. The van der Waals surface area contributed by atoms with Gasteiger partial charge in [-0.3, -0.25) is 4.79 Å². The standard InChI is InChI=1S/C20H20N2OS2/c1-13-11-15-7-4-6-10-18(15)22(13)19(23)14(2)25-20-21-17-9-5-3-8-16(17)12-24-20/h3-10,13-14H,11-12H2,1-2H3. The number of hydrogen-bond acceptors (Lipinski definition) is 4. The first-order valence-electron chi connectivity index (χ1n) is 8.50. The van der Waals surface area contributed by atoms with Crippen molar-refractivity contribution >= 4 is 45.2 Å². The summed E-state index contributed by atoms with van der Waals surface area (Å²) < 4.78 is 0.986. The highest BCUT2D eigenvalue weighted by Gasteiger charge is 2.34. The van der Waals surface area contributed by atoms with Crippen molar-refractivity contribution in [3.8, 4) is 0 Å². The molecule has 3 nitrogen and oxygen atoms in total. The van der Waals surface area contributed by atoms with E-state index in [4.69, 9.17) is 4.99 Å². The van der Waals surface area contributed by atoms with Gasteiger partial charge in [-0.05, 0) is 43.5 Å². The molecule has 2 aliphatic heterocycles. The van der Waals surface area contributed by atoms with E-state index in [9.17, 15) is 4.79 Å². The number of anilines is 1. The molecule has 128 valence electrons. The van der Waals surface area contributed by atoms with Crippen molar-refractivity contribution in [3.05, 3.63) is 59.7 Å². The van der Waals surface area contributed by atoms with E-state index < -0.39 is 0 Å². The number of para-hydroxylation sites is 2. The molecule has 4 rings (SSSR count). The van der Waals surface area contributed by atoms with Crippen LogP contribution in [-0.4, -0.2) is 21.6 Å². The predicted molar refractivity (Wildman–Crippen MR) is 109 cm³/mol. The quantitative estimate of drug-likeness (QED) is 0.746. The molecular weight excluding hydrogens is 348 g/mol. The Bertz CT molecular complexity index is 849. The number of carbonyl (C=O) groups is 1. The molecule has 2 heterocycles. The maximum absolute atomic E-state index is 13.1. The fraction of sp³-hybridized carbons (Fsp3) is 0.300. The highest BCUT2D eigenvalue weighted by molar-refractivity contribution is 8.39. The van der Waals surface area contributed by atoms with Crippen LogP contribution in [0.2, 0.25) is 0 Å². The van der Waals surface area contributed by atoms with Crippen LogP contribution in [0.25, 0.3) is 0 Å². The number of fused-ring (bicyclic) bond motifs is 2. The number of benzene rings is 2. The molecule has 0 saturated heterocycles. The van der Waals surface area contributed by atoms with Crippen molar-refractivity contribution in [3.63, 3.8) is 0 Å². The van der Waals surface area contributed by atoms with E-state index in [-0.39, 0.29) is 17.2 Å². The van der Waals surface area contributed by atoms with Crippen molar-refractivity contribution < 1.29 is 4.79 Å². The normalized spacial score (nSPS) is 19.8. The summed E-state index contributed by atoms with van der Waals surface area (Å²) in [6.07, 6.45) is 0.933. The summed E-state index contributed by atoms with van der Waals surface area (Å²) in [6, 6.07) is 16.7. The van der Waals surface area contributed by atoms with Crippen LogP contribution in [0.15, 0.2) is 53.5 Å². The molecule has 2 aromatic carbocycles. The highest BCUT2D eigenvalue weighted by Crippen LogP contribution is 2.38. The lowest BCUT2D eigenvalue weighted by Gasteiger charge is -2.26. The lowest BCUT2D eigenvalue weighted by atomic mass is 10.1. The minimum Gasteiger partial charge on any atom is -0.308 e. The molecule has 0 spiro atoms. The zero-order valence-corrected chi connectivity index (χ0v) is 15.9. The van der Waals surface area contributed by atoms with E-state index >= 15 is 0 Å². The third-order valence-electron chi connectivity index (χ3n) is 4.62. The molecule has 0 aliphatic carbocycles. The highest BCUT2D eigenvalue weighted by atomic mass is 32.2. The zero-order valence-electron chi connectivity index (χ0n) is 14.3. The van der Waals surface area contributed by atoms with E-state index in [1.807, 2.05) is 42.2 Å².